The van der Waals surface area contributed by atoms with Crippen molar-refractivity contribution in [2.75, 3.05) is 0 Å². The first-order chi connectivity index (χ1) is 4.83. The Morgan fingerprint density at radius 2 is 2.70 bits per heavy atom. The van der Waals surface area contributed by atoms with E-state index in [0.717, 1.165) is 9.88 Å². The van der Waals surface area contributed by atoms with E-state index in [0.29, 0.717) is 6.54 Å². The Labute approximate surface area is 68.6 Å². The highest BCUT2D eigenvalue weighted by Crippen LogP contribution is 2.11. The molecule has 0 aliphatic carbocycles. The van der Waals surface area contributed by atoms with Gasteiger partial charge < -0.3 is 0 Å². The van der Waals surface area contributed by atoms with E-state index >= 15 is 0 Å². The zero-order chi connectivity index (χ0) is 7.40. The van der Waals surface area contributed by atoms with Gasteiger partial charge in [0.2, 0.25) is 0 Å². The number of nitrogens with zero attached hydrogens (tertiary/aromatic N) is 2. The Kier molecular flexibility index (Phi) is 2.68. The van der Waals surface area contributed by atoms with E-state index in [1.54, 1.807) is 11.3 Å². The minimum Gasteiger partial charge on any atom is -0.250 e. The Balaban J connectivity index is 2.66. The van der Waals surface area contributed by atoms with Gasteiger partial charge in [0.1, 0.15) is 0 Å². The molecule has 0 radical (unpaired) electrons. The summed E-state index contributed by atoms with van der Waals surface area (Å²) in [7, 11) is 0. The molecule has 10 heavy (non-hydrogen) atoms. The molecule has 1 aromatic heterocycles. The van der Waals surface area contributed by atoms with E-state index in [2.05, 4.69) is 27.4 Å². The second-order valence-electron chi connectivity index (χ2n) is 1.75. The van der Waals surface area contributed by atoms with Crippen molar-refractivity contribution in [3.8, 4) is 0 Å². The van der Waals surface area contributed by atoms with Crippen LogP contribution in [0.3, 0.4) is 0 Å². The third kappa shape index (κ3) is 1.99. The Hall–Kier alpha value is -0.570. The number of hydrogen-bond donors (Lipinski definition) is 0. The van der Waals surface area contributed by atoms with Crippen molar-refractivity contribution in [1.29, 1.82) is 0 Å². The summed E-state index contributed by atoms with van der Waals surface area (Å²) in [4.78, 5) is 8.99. The third-order valence-electron chi connectivity index (χ3n) is 0.969. The van der Waals surface area contributed by atoms with Crippen LogP contribution < -0.4 is 0 Å². The second-order valence-corrected chi connectivity index (χ2v) is 3.26. The van der Waals surface area contributed by atoms with Crippen molar-refractivity contribution in [3.05, 3.63) is 16.1 Å². The summed E-state index contributed by atoms with van der Waals surface area (Å²) in [5, 5.41) is 3.38. The quantitative estimate of drug-likeness (QED) is 0.501. The van der Waals surface area contributed by atoms with Crippen molar-refractivity contribution >= 4 is 28.7 Å². The van der Waals surface area contributed by atoms with E-state index < -0.39 is 0 Å². The molecular weight excluding hydrogens is 164 g/mol. The molecule has 0 N–H and O–H groups in total. The van der Waals surface area contributed by atoms with E-state index in [9.17, 15) is 0 Å². The van der Waals surface area contributed by atoms with Crippen LogP contribution in [-0.2, 0) is 6.54 Å². The minimum absolute atomic E-state index is 0.620. The first kappa shape index (κ1) is 7.54. The van der Waals surface area contributed by atoms with Crippen molar-refractivity contribution in [2.24, 2.45) is 4.99 Å². The lowest BCUT2D eigenvalue weighted by atomic mass is 10.6. The molecule has 52 valence electrons. The summed E-state index contributed by atoms with van der Waals surface area (Å²) in [6.07, 6.45) is 1.82. The molecule has 0 aliphatic rings. The largest absolute Gasteiger partial charge is 0.250 e. The predicted octanol–water partition coefficient (Wildman–Crippen LogP) is 2.05. The van der Waals surface area contributed by atoms with Crippen molar-refractivity contribution < 1.29 is 0 Å². The van der Waals surface area contributed by atoms with Gasteiger partial charge in [0, 0.05) is 11.1 Å². The Morgan fingerprint density at radius 1 is 1.90 bits per heavy atom. The topological polar surface area (TPSA) is 25.2 Å². The molecule has 0 saturated carbocycles. The summed E-state index contributed by atoms with van der Waals surface area (Å²) in [6, 6.07) is 0. The predicted molar refractivity (Wildman–Crippen MR) is 45.6 cm³/mol. The molecule has 0 bridgehead atoms. The lowest BCUT2D eigenvalue weighted by Crippen LogP contribution is -1.69. The minimum atomic E-state index is 0.620. The number of isothiocyanates is 1. The van der Waals surface area contributed by atoms with Gasteiger partial charge in [-0.3, -0.25) is 0 Å². The summed E-state index contributed by atoms with van der Waals surface area (Å²) in [5.41, 5.74) is 0. The van der Waals surface area contributed by atoms with Gasteiger partial charge in [-0.05, 0) is 19.1 Å². The Morgan fingerprint density at radius 3 is 3.20 bits per heavy atom. The van der Waals surface area contributed by atoms with Crippen LogP contribution in [-0.4, -0.2) is 10.1 Å². The average Bonchev–Trinajstić information content (AvgIpc) is 2.31. The van der Waals surface area contributed by atoms with Gasteiger partial charge in [-0.25, -0.2) is 9.98 Å². The molecule has 0 unspecified atom stereocenters. The van der Waals surface area contributed by atoms with E-state index in [4.69, 9.17) is 0 Å². The first-order valence-corrected chi connectivity index (χ1v) is 4.00. The lowest BCUT2D eigenvalue weighted by Gasteiger charge is -1.80. The van der Waals surface area contributed by atoms with Gasteiger partial charge in [-0.1, -0.05) is 0 Å². The fourth-order valence-corrected chi connectivity index (χ4v) is 1.37. The van der Waals surface area contributed by atoms with Crippen LogP contribution in [0.2, 0.25) is 0 Å². The summed E-state index contributed by atoms with van der Waals surface area (Å²) >= 11 is 6.06. The van der Waals surface area contributed by atoms with Gasteiger partial charge in [0.25, 0.3) is 0 Å². The van der Waals surface area contributed by atoms with Crippen LogP contribution >= 0.6 is 23.6 Å². The lowest BCUT2D eigenvalue weighted by molar-refractivity contribution is 1.10. The van der Waals surface area contributed by atoms with Gasteiger partial charge in [-0.2, -0.15) is 0 Å². The van der Waals surface area contributed by atoms with Gasteiger partial charge in [0.05, 0.1) is 16.7 Å². The monoisotopic (exact) mass is 170 g/mol. The van der Waals surface area contributed by atoms with Crippen LogP contribution in [0.5, 0.6) is 0 Å². The summed E-state index contributed by atoms with van der Waals surface area (Å²) in [6.45, 7) is 2.59. The molecule has 0 saturated heterocycles. The number of hydrogen-bond acceptors (Lipinski definition) is 4. The van der Waals surface area contributed by atoms with E-state index in [-0.39, 0.29) is 0 Å². The highest BCUT2D eigenvalue weighted by molar-refractivity contribution is 7.78. The SMILES string of the molecule is Cc1ncc(CN=C=S)s1. The van der Waals surface area contributed by atoms with E-state index in [1.807, 2.05) is 13.1 Å². The average molecular weight is 170 g/mol. The maximum absolute atomic E-state index is 4.43. The fourth-order valence-electron chi connectivity index (χ4n) is 0.589. The molecule has 1 rings (SSSR count). The zero-order valence-corrected chi connectivity index (χ0v) is 7.13. The maximum Gasteiger partial charge on any atom is 0.0897 e. The third-order valence-corrected chi connectivity index (χ3v) is 2.00. The highest BCUT2D eigenvalue weighted by Gasteiger charge is 1.93. The molecule has 0 fully saturated rings. The molecule has 1 heterocycles. The van der Waals surface area contributed by atoms with Crippen molar-refractivity contribution in [2.45, 2.75) is 13.5 Å². The smallest absolute Gasteiger partial charge is 0.0897 e. The highest BCUT2D eigenvalue weighted by atomic mass is 32.1. The van der Waals surface area contributed by atoms with Crippen LogP contribution in [0.4, 0.5) is 0 Å². The summed E-state index contributed by atoms with van der Waals surface area (Å²) in [5.74, 6) is 0. The van der Waals surface area contributed by atoms with E-state index in [1.165, 1.54) is 0 Å². The number of rotatable bonds is 2. The first-order valence-electron chi connectivity index (χ1n) is 2.78. The number of aryl methyl sites for hydroxylation is 1. The number of aromatic nitrogens is 1. The molecule has 4 heteroatoms. The molecule has 0 atom stereocenters. The Bertz CT molecular complexity index is 260. The molecule has 0 spiro atoms. The van der Waals surface area contributed by atoms with Gasteiger partial charge >= 0.3 is 0 Å². The van der Waals surface area contributed by atoms with Crippen molar-refractivity contribution in [1.82, 2.24) is 4.98 Å². The van der Waals surface area contributed by atoms with Gasteiger partial charge in [0.15, 0.2) is 0 Å². The standard InChI is InChI=1S/C6H6N2S2/c1-5-8-3-6(10-5)2-7-4-9/h3H,2H2,1H3. The zero-order valence-electron chi connectivity index (χ0n) is 5.50. The summed E-state index contributed by atoms with van der Waals surface area (Å²) < 4.78 is 0. The fraction of sp³-hybridized carbons (Fsp3) is 0.333. The molecule has 0 amide bonds. The molecular formula is C6H6N2S2. The van der Waals surface area contributed by atoms with Crippen molar-refractivity contribution in [3.63, 3.8) is 0 Å². The molecule has 0 aromatic carbocycles. The van der Waals surface area contributed by atoms with Gasteiger partial charge in [-0.15, -0.1) is 11.3 Å². The van der Waals surface area contributed by atoms with Crippen LogP contribution in [0.25, 0.3) is 0 Å². The van der Waals surface area contributed by atoms with Crippen LogP contribution in [0.1, 0.15) is 9.88 Å². The molecule has 2 nitrogen and oxygen atoms in total. The van der Waals surface area contributed by atoms with Crippen LogP contribution in [0.15, 0.2) is 11.2 Å². The number of aliphatic imine (C=N–C) groups is 1. The normalized spacial score (nSPS) is 8.90. The second kappa shape index (κ2) is 3.56. The number of thiocarbonyl (C=S) groups is 1. The van der Waals surface area contributed by atoms with Crippen LogP contribution in [0, 0.1) is 6.92 Å². The molecule has 0 aliphatic heterocycles. The maximum atomic E-state index is 4.43. The molecule has 1 aromatic rings. The number of thiazole rings is 1.